The van der Waals surface area contributed by atoms with Crippen molar-refractivity contribution in [2.45, 2.75) is 0 Å². The summed E-state index contributed by atoms with van der Waals surface area (Å²) in [5.41, 5.74) is 15.6. The van der Waals surface area contributed by atoms with E-state index in [-0.39, 0.29) is 0 Å². The zero-order valence-corrected chi connectivity index (χ0v) is 25.6. The third-order valence-corrected chi connectivity index (χ3v) is 9.26. The molecule has 0 N–H and O–H groups in total. The predicted octanol–water partition coefficient (Wildman–Crippen LogP) is 11.7. The van der Waals surface area contributed by atoms with E-state index in [0.717, 1.165) is 39.3 Å². The number of nitrogens with zero attached hydrogens (tertiary/aromatic N) is 3. The average Bonchev–Trinajstić information content (AvgIpc) is 3.48. The minimum absolute atomic E-state index is 1.09. The first-order chi connectivity index (χ1) is 23.3. The normalized spacial score (nSPS) is 11.4. The van der Waals surface area contributed by atoms with E-state index in [2.05, 4.69) is 142 Å². The minimum Gasteiger partial charge on any atom is -0.311 e. The molecule has 3 nitrogen and oxygen atoms in total. The van der Waals surface area contributed by atoms with Crippen molar-refractivity contribution < 1.29 is 0 Å². The van der Waals surface area contributed by atoms with Gasteiger partial charge < -0.3 is 4.90 Å². The van der Waals surface area contributed by atoms with Crippen molar-refractivity contribution in [1.82, 2.24) is 9.97 Å². The lowest BCUT2D eigenvalue weighted by molar-refractivity contribution is 1.28. The molecule has 2 heterocycles. The molecule has 0 unspecified atom stereocenters. The highest BCUT2D eigenvalue weighted by Gasteiger charge is 2.22. The molecule has 220 valence electrons. The molecule has 1 aliphatic rings. The fraction of sp³-hybridized carbons (Fsp3) is 0. The lowest BCUT2D eigenvalue weighted by atomic mass is 9.94. The molecule has 47 heavy (non-hydrogen) atoms. The van der Waals surface area contributed by atoms with Gasteiger partial charge >= 0.3 is 0 Å². The maximum Gasteiger partial charge on any atom is 0.0462 e. The quantitative estimate of drug-likeness (QED) is 0.190. The fourth-order valence-corrected chi connectivity index (χ4v) is 6.99. The molecule has 0 bridgehead atoms. The zero-order valence-electron chi connectivity index (χ0n) is 25.6. The topological polar surface area (TPSA) is 29.0 Å². The van der Waals surface area contributed by atoms with Crippen molar-refractivity contribution in [1.29, 1.82) is 0 Å². The van der Waals surface area contributed by atoms with Gasteiger partial charge in [-0.15, -0.1) is 0 Å². The lowest BCUT2D eigenvalue weighted by Gasteiger charge is -2.26. The van der Waals surface area contributed by atoms with Crippen molar-refractivity contribution in [3.63, 3.8) is 0 Å². The van der Waals surface area contributed by atoms with Gasteiger partial charge in [-0.3, -0.25) is 9.97 Å². The van der Waals surface area contributed by atoms with Crippen molar-refractivity contribution >= 4 is 27.8 Å². The van der Waals surface area contributed by atoms with Crippen LogP contribution in [0.4, 0.5) is 17.1 Å². The zero-order chi connectivity index (χ0) is 31.2. The van der Waals surface area contributed by atoms with Gasteiger partial charge in [-0.2, -0.15) is 0 Å². The number of hydrogen-bond acceptors (Lipinski definition) is 3. The van der Waals surface area contributed by atoms with Gasteiger partial charge in [0.2, 0.25) is 0 Å². The van der Waals surface area contributed by atoms with Crippen LogP contribution in [0.25, 0.3) is 66.4 Å². The van der Waals surface area contributed by atoms with Crippen molar-refractivity contribution in [3.8, 4) is 55.6 Å². The molecule has 0 radical (unpaired) electrons. The number of benzene rings is 6. The van der Waals surface area contributed by atoms with Crippen molar-refractivity contribution in [3.05, 3.63) is 176 Å². The molecule has 6 aromatic carbocycles. The van der Waals surface area contributed by atoms with E-state index < -0.39 is 0 Å². The molecule has 0 fully saturated rings. The Morgan fingerprint density at radius 1 is 0.298 bits per heavy atom. The number of anilines is 3. The third kappa shape index (κ3) is 4.68. The van der Waals surface area contributed by atoms with Crippen molar-refractivity contribution in [2.24, 2.45) is 0 Å². The van der Waals surface area contributed by atoms with Gasteiger partial charge in [0.15, 0.2) is 0 Å². The molecule has 3 heteroatoms. The van der Waals surface area contributed by atoms with E-state index in [1.54, 1.807) is 0 Å². The molecule has 0 amide bonds. The first-order valence-electron chi connectivity index (χ1n) is 15.9. The number of rotatable bonds is 6. The Morgan fingerprint density at radius 2 is 0.702 bits per heavy atom. The van der Waals surface area contributed by atoms with Crippen LogP contribution in [0.1, 0.15) is 0 Å². The second-order valence-corrected chi connectivity index (χ2v) is 11.9. The molecule has 0 spiro atoms. The summed E-state index contributed by atoms with van der Waals surface area (Å²) in [6.45, 7) is 0. The van der Waals surface area contributed by atoms with Crippen LogP contribution < -0.4 is 4.90 Å². The molecule has 8 aromatic rings. The lowest BCUT2D eigenvalue weighted by Crippen LogP contribution is -2.09. The standard InChI is InChI=1S/C44H29N3/c1-2-5-40-39(4-1)42-7-3-6-41-38(20-21-43(40)44(41)42)34-12-18-37(19-13-34)47(35-14-8-30(9-15-35)32-22-26-45-27-23-32)36-16-10-31(11-17-36)33-24-28-46-29-25-33/h1-29H. The first kappa shape index (κ1) is 27.0. The Morgan fingerprint density at radius 3 is 1.21 bits per heavy atom. The summed E-state index contributed by atoms with van der Waals surface area (Å²) < 4.78 is 0. The van der Waals surface area contributed by atoms with Gasteiger partial charge in [-0.25, -0.2) is 0 Å². The Kier molecular flexibility index (Phi) is 6.46. The highest BCUT2D eigenvalue weighted by molar-refractivity contribution is 6.18. The molecule has 1 aliphatic carbocycles. The summed E-state index contributed by atoms with van der Waals surface area (Å²) in [6, 6.07) is 54.7. The summed E-state index contributed by atoms with van der Waals surface area (Å²) in [5.74, 6) is 0. The van der Waals surface area contributed by atoms with Crippen LogP contribution in [0.5, 0.6) is 0 Å². The number of hydrogen-bond donors (Lipinski definition) is 0. The molecule has 0 saturated carbocycles. The van der Waals surface area contributed by atoms with Crippen LogP contribution in [0.15, 0.2) is 176 Å². The van der Waals surface area contributed by atoms with E-state index >= 15 is 0 Å². The van der Waals surface area contributed by atoms with Gasteiger partial charge in [0.1, 0.15) is 0 Å². The van der Waals surface area contributed by atoms with Crippen LogP contribution in [0.2, 0.25) is 0 Å². The first-order valence-corrected chi connectivity index (χ1v) is 15.9. The summed E-state index contributed by atoms with van der Waals surface area (Å²) in [5, 5.41) is 2.64. The summed E-state index contributed by atoms with van der Waals surface area (Å²) in [7, 11) is 0. The van der Waals surface area contributed by atoms with Crippen LogP contribution in [-0.2, 0) is 0 Å². The molecule has 9 rings (SSSR count). The second kappa shape index (κ2) is 11.2. The van der Waals surface area contributed by atoms with E-state index in [1.807, 2.05) is 49.1 Å². The molecule has 0 atom stereocenters. The minimum atomic E-state index is 1.09. The maximum absolute atomic E-state index is 4.18. The van der Waals surface area contributed by atoms with Gasteiger partial charge in [-0.05, 0) is 127 Å². The SMILES string of the molecule is c1ccc2c(c1)-c1cccc3c(-c4ccc(N(c5ccc(-c6ccncc6)cc5)c5ccc(-c6ccncc6)cc5)cc4)ccc-2c13. The maximum atomic E-state index is 4.18. The Balaban J connectivity index is 1.12. The molecular formula is C44H29N3. The predicted molar refractivity (Wildman–Crippen MR) is 195 cm³/mol. The Hall–Kier alpha value is -6.32. The van der Waals surface area contributed by atoms with E-state index in [0.29, 0.717) is 0 Å². The molecule has 0 saturated heterocycles. The smallest absolute Gasteiger partial charge is 0.0462 e. The van der Waals surface area contributed by atoms with Gasteiger partial charge in [0.25, 0.3) is 0 Å². The van der Waals surface area contributed by atoms with Crippen molar-refractivity contribution in [2.75, 3.05) is 4.90 Å². The van der Waals surface area contributed by atoms with Crippen LogP contribution in [-0.4, -0.2) is 9.97 Å². The second-order valence-electron chi connectivity index (χ2n) is 11.9. The summed E-state index contributed by atoms with van der Waals surface area (Å²) in [4.78, 5) is 10.7. The largest absolute Gasteiger partial charge is 0.311 e. The fourth-order valence-electron chi connectivity index (χ4n) is 6.99. The van der Waals surface area contributed by atoms with E-state index in [4.69, 9.17) is 0 Å². The summed E-state index contributed by atoms with van der Waals surface area (Å²) in [6.07, 6.45) is 7.34. The number of aromatic nitrogens is 2. The van der Waals surface area contributed by atoms with Gasteiger partial charge in [0.05, 0.1) is 0 Å². The van der Waals surface area contributed by atoms with Crippen LogP contribution >= 0.6 is 0 Å². The van der Waals surface area contributed by atoms with E-state index in [1.165, 1.54) is 44.2 Å². The van der Waals surface area contributed by atoms with Crippen LogP contribution in [0.3, 0.4) is 0 Å². The molecule has 0 aliphatic heterocycles. The number of fused-ring (bicyclic) bond motifs is 3. The summed E-state index contributed by atoms with van der Waals surface area (Å²) >= 11 is 0. The Bertz CT molecular complexity index is 2250. The van der Waals surface area contributed by atoms with Crippen LogP contribution in [0, 0.1) is 0 Å². The highest BCUT2D eigenvalue weighted by atomic mass is 15.1. The molecular weight excluding hydrogens is 571 g/mol. The Labute approximate surface area is 274 Å². The molecule has 2 aromatic heterocycles. The highest BCUT2D eigenvalue weighted by Crippen LogP contribution is 2.49. The number of pyridine rings is 2. The van der Waals surface area contributed by atoms with E-state index in [9.17, 15) is 0 Å². The monoisotopic (exact) mass is 599 g/mol. The van der Waals surface area contributed by atoms with Gasteiger partial charge in [0, 0.05) is 41.8 Å². The average molecular weight is 600 g/mol. The van der Waals surface area contributed by atoms with Gasteiger partial charge in [-0.1, -0.05) is 91.0 Å². The third-order valence-electron chi connectivity index (χ3n) is 9.26.